The van der Waals surface area contributed by atoms with E-state index in [0.29, 0.717) is 25.4 Å². The van der Waals surface area contributed by atoms with Gasteiger partial charge in [0.15, 0.2) is 0 Å². The van der Waals surface area contributed by atoms with Crippen molar-refractivity contribution in [1.29, 1.82) is 0 Å². The zero-order valence-electron chi connectivity index (χ0n) is 11.5. The molecule has 0 unspecified atom stereocenters. The minimum atomic E-state index is -0.0713. The van der Waals surface area contributed by atoms with Gasteiger partial charge in [0, 0.05) is 19.5 Å². The van der Waals surface area contributed by atoms with Crippen LogP contribution in [0.15, 0.2) is 0 Å². The van der Waals surface area contributed by atoms with E-state index in [0.717, 1.165) is 25.9 Å². The highest BCUT2D eigenvalue weighted by Gasteiger charge is 2.21. The second-order valence-corrected chi connectivity index (χ2v) is 4.76. The van der Waals surface area contributed by atoms with Crippen LogP contribution in [0.25, 0.3) is 0 Å². The lowest BCUT2D eigenvalue weighted by atomic mass is 9.94. The van der Waals surface area contributed by atoms with Crippen molar-refractivity contribution >= 4 is 11.8 Å². The molecule has 0 bridgehead atoms. The summed E-state index contributed by atoms with van der Waals surface area (Å²) in [5.41, 5.74) is 0. The van der Waals surface area contributed by atoms with Gasteiger partial charge in [-0.2, -0.15) is 0 Å². The fourth-order valence-electron chi connectivity index (χ4n) is 2.26. The Bertz CT molecular complexity index is 275. The molecule has 18 heavy (non-hydrogen) atoms. The number of rotatable bonds is 6. The molecule has 1 heterocycles. The molecule has 1 fully saturated rings. The first-order chi connectivity index (χ1) is 8.67. The fourth-order valence-corrected chi connectivity index (χ4v) is 2.26. The number of amides is 2. The van der Waals surface area contributed by atoms with Crippen LogP contribution in [0.1, 0.15) is 33.1 Å². The number of hydrogen-bond donors (Lipinski definition) is 2. The summed E-state index contributed by atoms with van der Waals surface area (Å²) in [5, 5.41) is 6.02. The van der Waals surface area contributed by atoms with Gasteiger partial charge < -0.3 is 15.5 Å². The topological polar surface area (TPSA) is 61.4 Å². The van der Waals surface area contributed by atoms with Crippen molar-refractivity contribution in [3.63, 3.8) is 0 Å². The first-order valence-corrected chi connectivity index (χ1v) is 6.92. The average Bonchev–Trinajstić information content (AvgIpc) is 2.37. The molecule has 1 aliphatic heterocycles. The van der Waals surface area contributed by atoms with Crippen LogP contribution in [0.3, 0.4) is 0 Å². The highest BCUT2D eigenvalue weighted by molar-refractivity contribution is 5.84. The van der Waals surface area contributed by atoms with Crippen LogP contribution in [0, 0.1) is 5.92 Å². The van der Waals surface area contributed by atoms with Crippen LogP contribution < -0.4 is 10.6 Å². The third kappa shape index (κ3) is 5.04. The molecule has 5 nitrogen and oxygen atoms in total. The van der Waals surface area contributed by atoms with Crippen LogP contribution in [0.5, 0.6) is 0 Å². The van der Waals surface area contributed by atoms with Crippen LogP contribution in [-0.4, -0.2) is 49.4 Å². The summed E-state index contributed by atoms with van der Waals surface area (Å²) >= 11 is 0. The van der Waals surface area contributed by atoms with Gasteiger partial charge >= 0.3 is 0 Å². The van der Waals surface area contributed by atoms with Crippen molar-refractivity contribution in [2.45, 2.75) is 33.1 Å². The van der Waals surface area contributed by atoms with Crippen molar-refractivity contribution in [2.75, 3.05) is 32.7 Å². The highest BCUT2D eigenvalue weighted by Crippen LogP contribution is 2.17. The predicted molar refractivity (Wildman–Crippen MR) is 71.1 cm³/mol. The maximum Gasteiger partial charge on any atom is 0.239 e. The monoisotopic (exact) mass is 255 g/mol. The number of likely N-dealkylation sites (N-methyl/N-ethyl adjacent to an activating group) is 2. The molecule has 0 aromatic carbocycles. The van der Waals surface area contributed by atoms with Crippen LogP contribution >= 0.6 is 0 Å². The van der Waals surface area contributed by atoms with E-state index in [1.54, 1.807) is 4.90 Å². The molecular formula is C13H25N3O2. The molecule has 0 spiro atoms. The fraction of sp³-hybridized carbons (Fsp3) is 0.846. The molecular weight excluding hydrogens is 230 g/mol. The zero-order valence-corrected chi connectivity index (χ0v) is 11.5. The predicted octanol–water partition coefficient (Wildman–Crippen LogP) is 0.361. The van der Waals surface area contributed by atoms with E-state index in [9.17, 15) is 9.59 Å². The Morgan fingerprint density at radius 3 is 2.50 bits per heavy atom. The number of carbonyl (C=O) groups is 2. The van der Waals surface area contributed by atoms with Crippen LogP contribution in [0.4, 0.5) is 0 Å². The molecule has 0 aromatic rings. The van der Waals surface area contributed by atoms with Gasteiger partial charge in [-0.15, -0.1) is 0 Å². The van der Waals surface area contributed by atoms with Crippen LogP contribution in [0.2, 0.25) is 0 Å². The Morgan fingerprint density at radius 1 is 1.28 bits per heavy atom. The molecule has 0 radical (unpaired) electrons. The van der Waals surface area contributed by atoms with Gasteiger partial charge in [-0.05, 0) is 45.7 Å². The average molecular weight is 255 g/mol. The number of piperidine rings is 1. The standard InChI is InChI=1S/C13H25N3O2/c1-3-15-12(17)10-16(4-2)13(18)9-11-5-7-14-8-6-11/h11,14H,3-10H2,1-2H3,(H,15,17). The van der Waals surface area contributed by atoms with Gasteiger partial charge in [-0.3, -0.25) is 9.59 Å². The summed E-state index contributed by atoms with van der Waals surface area (Å²) in [6.07, 6.45) is 2.70. The van der Waals surface area contributed by atoms with Crippen LogP contribution in [-0.2, 0) is 9.59 Å². The van der Waals surface area contributed by atoms with E-state index in [1.165, 1.54) is 0 Å². The Hall–Kier alpha value is -1.10. The van der Waals surface area contributed by atoms with Crippen molar-refractivity contribution in [3.8, 4) is 0 Å². The van der Waals surface area contributed by atoms with Gasteiger partial charge in [-0.25, -0.2) is 0 Å². The molecule has 1 aliphatic rings. The van der Waals surface area contributed by atoms with Crippen molar-refractivity contribution in [3.05, 3.63) is 0 Å². The lowest BCUT2D eigenvalue weighted by molar-refractivity contribution is -0.136. The van der Waals surface area contributed by atoms with E-state index in [4.69, 9.17) is 0 Å². The Kier molecular flexibility index (Phi) is 6.72. The van der Waals surface area contributed by atoms with Crippen molar-refractivity contribution < 1.29 is 9.59 Å². The first-order valence-electron chi connectivity index (χ1n) is 6.92. The van der Waals surface area contributed by atoms with Gasteiger partial charge in [0.05, 0.1) is 6.54 Å². The summed E-state index contributed by atoms with van der Waals surface area (Å²) in [4.78, 5) is 25.2. The molecule has 1 saturated heterocycles. The normalized spacial score (nSPS) is 16.3. The second kappa shape index (κ2) is 8.08. The van der Waals surface area contributed by atoms with Crippen molar-refractivity contribution in [1.82, 2.24) is 15.5 Å². The molecule has 0 aromatic heterocycles. The van der Waals surface area contributed by atoms with Gasteiger partial charge in [0.2, 0.25) is 11.8 Å². The van der Waals surface area contributed by atoms with Gasteiger partial charge in [0.25, 0.3) is 0 Å². The third-order valence-electron chi connectivity index (χ3n) is 3.36. The minimum Gasteiger partial charge on any atom is -0.355 e. The summed E-state index contributed by atoms with van der Waals surface area (Å²) in [5.74, 6) is 0.510. The van der Waals surface area contributed by atoms with E-state index in [-0.39, 0.29) is 18.4 Å². The molecule has 0 saturated carbocycles. The van der Waals surface area contributed by atoms with E-state index >= 15 is 0 Å². The molecule has 104 valence electrons. The van der Waals surface area contributed by atoms with E-state index < -0.39 is 0 Å². The van der Waals surface area contributed by atoms with Crippen molar-refractivity contribution in [2.24, 2.45) is 5.92 Å². The number of carbonyl (C=O) groups excluding carboxylic acids is 2. The smallest absolute Gasteiger partial charge is 0.239 e. The highest BCUT2D eigenvalue weighted by atomic mass is 16.2. The van der Waals surface area contributed by atoms with Gasteiger partial charge in [0.1, 0.15) is 0 Å². The molecule has 2 amide bonds. The maximum atomic E-state index is 12.1. The summed E-state index contributed by atoms with van der Waals surface area (Å²) in [6, 6.07) is 0. The molecule has 5 heteroatoms. The SMILES string of the molecule is CCNC(=O)CN(CC)C(=O)CC1CCNCC1. The summed E-state index contributed by atoms with van der Waals surface area (Å²) < 4.78 is 0. The number of hydrogen-bond acceptors (Lipinski definition) is 3. The largest absolute Gasteiger partial charge is 0.355 e. The maximum absolute atomic E-state index is 12.1. The summed E-state index contributed by atoms with van der Waals surface area (Å²) in [7, 11) is 0. The lowest BCUT2D eigenvalue weighted by Gasteiger charge is -2.26. The summed E-state index contributed by atoms with van der Waals surface area (Å²) in [6.45, 7) is 7.19. The van der Waals surface area contributed by atoms with E-state index in [2.05, 4.69) is 10.6 Å². The third-order valence-corrected chi connectivity index (χ3v) is 3.36. The molecule has 0 aliphatic carbocycles. The Balaban J connectivity index is 2.38. The molecule has 2 N–H and O–H groups in total. The number of nitrogens with one attached hydrogen (secondary N) is 2. The first kappa shape index (κ1) is 15.0. The lowest BCUT2D eigenvalue weighted by Crippen LogP contribution is -2.41. The van der Waals surface area contributed by atoms with E-state index in [1.807, 2.05) is 13.8 Å². The molecule has 0 atom stereocenters. The Labute approximate surface area is 109 Å². The quantitative estimate of drug-likeness (QED) is 0.720. The number of nitrogens with zero attached hydrogens (tertiary/aromatic N) is 1. The minimum absolute atomic E-state index is 0.0713. The zero-order chi connectivity index (χ0) is 13.4. The van der Waals surface area contributed by atoms with Gasteiger partial charge in [-0.1, -0.05) is 0 Å². The molecule has 1 rings (SSSR count). The Morgan fingerprint density at radius 2 is 1.94 bits per heavy atom. The second-order valence-electron chi connectivity index (χ2n) is 4.76.